The Bertz CT molecular complexity index is 790. The molecule has 3 rings (SSSR count). The van der Waals surface area contributed by atoms with Gasteiger partial charge in [0.2, 0.25) is 5.91 Å². The van der Waals surface area contributed by atoms with Crippen molar-refractivity contribution < 1.29 is 19.1 Å². The first-order chi connectivity index (χ1) is 11.5. The second kappa shape index (κ2) is 6.80. The average molecular weight is 347 g/mol. The Morgan fingerprint density at radius 3 is 2.21 bits per heavy atom. The number of amides is 2. The molecule has 6 nitrogen and oxygen atoms in total. The van der Waals surface area contributed by atoms with E-state index in [1.807, 2.05) is 0 Å². The van der Waals surface area contributed by atoms with Gasteiger partial charge < -0.3 is 20.5 Å². The third kappa shape index (κ3) is 3.44. The highest BCUT2D eigenvalue weighted by atomic mass is 35.5. The predicted molar refractivity (Wildman–Crippen MR) is 90.0 cm³/mol. The maximum absolute atomic E-state index is 12.3. The largest absolute Gasteiger partial charge is 0.490 e. The molecule has 0 radical (unpaired) electrons. The number of rotatable bonds is 3. The number of halogens is 1. The normalized spacial score (nSPS) is 13.0. The number of nitrogens with one attached hydrogen (secondary N) is 1. The van der Waals surface area contributed by atoms with E-state index in [2.05, 4.69) is 5.32 Å². The van der Waals surface area contributed by atoms with Crippen molar-refractivity contribution in [2.75, 3.05) is 18.5 Å². The van der Waals surface area contributed by atoms with Crippen molar-refractivity contribution in [3.63, 3.8) is 0 Å². The minimum atomic E-state index is -0.548. The Morgan fingerprint density at radius 1 is 1.00 bits per heavy atom. The van der Waals surface area contributed by atoms with Gasteiger partial charge in [0, 0.05) is 29.7 Å². The summed E-state index contributed by atoms with van der Waals surface area (Å²) in [6.07, 6.45) is 0.778. The van der Waals surface area contributed by atoms with Crippen LogP contribution >= 0.6 is 11.6 Å². The summed E-state index contributed by atoms with van der Waals surface area (Å²) in [5.74, 6) is 0.188. The lowest BCUT2D eigenvalue weighted by molar-refractivity contribution is 0.0995. The van der Waals surface area contributed by atoms with Crippen molar-refractivity contribution >= 4 is 29.1 Å². The fourth-order valence-electron chi connectivity index (χ4n) is 2.26. The summed E-state index contributed by atoms with van der Waals surface area (Å²) in [5, 5.41) is 3.07. The maximum atomic E-state index is 12.3. The van der Waals surface area contributed by atoms with Crippen LogP contribution in [0, 0.1) is 0 Å². The third-order valence-corrected chi connectivity index (χ3v) is 3.83. The number of ether oxygens (including phenoxy) is 2. The number of fused-ring (bicyclic) bond motifs is 1. The second-order valence-corrected chi connectivity index (χ2v) is 5.63. The third-order valence-electron chi connectivity index (χ3n) is 3.52. The first-order valence-corrected chi connectivity index (χ1v) is 7.73. The van der Waals surface area contributed by atoms with Crippen LogP contribution in [0.25, 0.3) is 0 Å². The number of carbonyl (C=O) groups is 2. The highest BCUT2D eigenvalue weighted by Gasteiger charge is 2.16. The summed E-state index contributed by atoms with van der Waals surface area (Å²) in [7, 11) is 0. The molecule has 2 amide bonds. The van der Waals surface area contributed by atoms with Gasteiger partial charge in [0.1, 0.15) is 0 Å². The van der Waals surface area contributed by atoms with Crippen LogP contribution in [0.1, 0.15) is 27.1 Å². The number of primary amides is 1. The molecule has 3 N–H and O–H groups in total. The number of hydrogen-bond donors (Lipinski definition) is 2. The Balaban J connectivity index is 1.81. The van der Waals surface area contributed by atoms with Gasteiger partial charge in [0.15, 0.2) is 11.5 Å². The minimum Gasteiger partial charge on any atom is -0.490 e. The summed E-state index contributed by atoms with van der Waals surface area (Å²) >= 11 is 6.20. The van der Waals surface area contributed by atoms with Crippen LogP contribution in [0.3, 0.4) is 0 Å². The fourth-order valence-corrected chi connectivity index (χ4v) is 2.46. The molecule has 0 unspecified atom stereocenters. The number of hydrogen-bond acceptors (Lipinski definition) is 4. The molecule has 0 spiro atoms. The molecule has 0 bridgehead atoms. The number of benzene rings is 2. The summed E-state index contributed by atoms with van der Waals surface area (Å²) in [4.78, 5) is 23.4. The lowest BCUT2D eigenvalue weighted by atomic mass is 10.1. The van der Waals surface area contributed by atoms with Gasteiger partial charge in [-0.05, 0) is 24.3 Å². The van der Waals surface area contributed by atoms with E-state index in [-0.39, 0.29) is 5.91 Å². The van der Waals surface area contributed by atoms with Crippen molar-refractivity contribution in [3.05, 3.63) is 52.5 Å². The maximum Gasteiger partial charge on any atom is 0.255 e. The molecule has 124 valence electrons. The van der Waals surface area contributed by atoms with Crippen LogP contribution in [0.5, 0.6) is 11.5 Å². The summed E-state index contributed by atoms with van der Waals surface area (Å²) in [6.45, 7) is 1.10. The van der Waals surface area contributed by atoms with Crippen molar-refractivity contribution in [1.29, 1.82) is 0 Å². The topological polar surface area (TPSA) is 90.7 Å². The van der Waals surface area contributed by atoms with Crippen molar-refractivity contribution in [2.45, 2.75) is 6.42 Å². The summed E-state index contributed by atoms with van der Waals surface area (Å²) < 4.78 is 11.1. The lowest BCUT2D eigenvalue weighted by Crippen LogP contribution is -2.14. The smallest absolute Gasteiger partial charge is 0.255 e. The van der Waals surface area contributed by atoms with E-state index < -0.39 is 5.91 Å². The van der Waals surface area contributed by atoms with Crippen LogP contribution < -0.4 is 20.5 Å². The molecular formula is C17H15ClN2O4. The molecule has 0 fully saturated rings. The molecule has 0 atom stereocenters. The van der Waals surface area contributed by atoms with E-state index in [1.54, 1.807) is 12.1 Å². The van der Waals surface area contributed by atoms with Gasteiger partial charge >= 0.3 is 0 Å². The number of nitrogens with two attached hydrogens (primary N) is 1. The summed E-state index contributed by atoms with van der Waals surface area (Å²) in [6, 6.07) is 9.28. The van der Waals surface area contributed by atoms with Gasteiger partial charge in [-0.15, -0.1) is 0 Å². The molecule has 2 aromatic rings. The van der Waals surface area contributed by atoms with Crippen molar-refractivity contribution in [1.82, 2.24) is 0 Å². The lowest BCUT2D eigenvalue weighted by Gasteiger charge is -2.12. The van der Waals surface area contributed by atoms with E-state index in [4.69, 9.17) is 26.8 Å². The van der Waals surface area contributed by atoms with Crippen LogP contribution in [0.4, 0.5) is 5.69 Å². The molecule has 0 aromatic heterocycles. The molecule has 0 aliphatic carbocycles. The van der Waals surface area contributed by atoms with E-state index in [1.165, 1.54) is 24.3 Å². The number of anilines is 1. The molecule has 2 aromatic carbocycles. The zero-order valence-electron chi connectivity index (χ0n) is 12.7. The molecule has 1 aliphatic rings. The molecule has 7 heteroatoms. The van der Waals surface area contributed by atoms with E-state index in [9.17, 15) is 9.59 Å². The Kier molecular flexibility index (Phi) is 4.57. The summed E-state index contributed by atoms with van der Waals surface area (Å²) in [5.41, 5.74) is 6.31. The van der Waals surface area contributed by atoms with E-state index in [0.717, 1.165) is 6.42 Å². The van der Waals surface area contributed by atoms with E-state index in [0.29, 0.717) is 46.5 Å². The van der Waals surface area contributed by atoms with Crippen LogP contribution in [-0.2, 0) is 0 Å². The van der Waals surface area contributed by atoms with Crippen molar-refractivity contribution in [2.24, 2.45) is 5.73 Å². The monoisotopic (exact) mass is 346 g/mol. The Hall–Kier alpha value is -2.73. The SMILES string of the molecule is NC(=O)c1ccc(C(=O)Nc2cc3c(cc2Cl)OCCCO3)cc1. The zero-order valence-corrected chi connectivity index (χ0v) is 13.4. The highest BCUT2D eigenvalue weighted by molar-refractivity contribution is 6.34. The predicted octanol–water partition coefficient (Wildman–Crippen LogP) is 2.85. The van der Waals surface area contributed by atoms with Crippen LogP contribution in [-0.4, -0.2) is 25.0 Å². The molecule has 0 saturated heterocycles. The highest BCUT2D eigenvalue weighted by Crippen LogP contribution is 2.37. The standard InChI is InChI=1S/C17H15ClN2O4/c18-12-8-14-15(24-7-1-6-23-14)9-13(12)20-17(22)11-4-2-10(3-5-11)16(19)21/h2-5,8-9H,1,6-7H2,(H2,19,21)(H,20,22). The Labute approximate surface area is 143 Å². The minimum absolute atomic E-state index is 0.333. The quantitative estimate of drug-likeness (QED) is 0.894. The van der Waals surface area contributed by atoms with Gasteiger partial charge in [0.25, 0.3) is 5.91 Å². The fraction of sp³-hybridized carbons (Fsp3) is 0.176. The Morgan fingerprint density at radius 2 is 1.58 bits per heavy atom. The van der Waals surface area contributed by atoms with Crippen molar-refractivity contribution in [3.8, 4) is 11.5 Å². The average Bonchev–Trinajstić information content (AvgIpc) is 2.80. The van der Waals surface area contributed by atoms with Gasteiger partial charge in [-0.1, -0.05) is 11.6 Å². The molecule has 0 saturated carbocycles. The van der Waals surface area contributed by atoms with Gasteiger partial charge in [-0.2, -0.15) is 0 Å². The first kappa shape index (κ1) is 16.1. The molecular weight excluding hydrogens is 332 g/mol. The van der Waals surface area contributed by atoms with Gasteiger partial charge in [-0.25, -0.2) is 0 Å². The van der Waals surface area contributed by atoms with Crippen LogP contribution in [0.2, 0.25) is 5.02 Å². The second-order valence-electron chi connectivity index (χ2n) is 5.22. The molecule has 24 heavy (non-hydrogen) atoms. The molecule has 1 aliphatic heterocycles. The van der Waals surface area contributed by atoms with Gasteiger partial charge in [-0.3, -0.25) is 9.59 Å². The molecule has 1 heterocycles. The first-order valence-electron chi connectivity index (χ1n) is 7.35. The zero-order chi connectivity index (χ0) is 17.1. The number of carbonyl (C=O) groups excluding carboxylic acids is 2. The van der Waals surface area contributed by atoms with Crippen LogP contribution in [0.15, 0.2) is 36.4 Å². The van der Waals surface area contributed by atoms with Gasteiger partial charge in [0.05, 0.1) is 23.9 Å². The van der Waals surface area contributed by atoms with E-state index >= 15 is 0 Å².